The molecule has 0 unspecified atom stereocenters. The van der Waals surface area contributed by atoms with E-state index >= 15 is 0 Å². The van der Waals surface area contributed by atoms with Crippen LogP contribution < -0.4 is 0 Å². The average Bonchev–Trinajstić information content (AvgIpc) is 2.97. The van der Waals surface area contributed by atoms with Crippen molar-refractivity contribution in [1.29, 1.82) is 0 Å². The van der Waals surface area contributed by atoms with Gasteiger partial charge in [-0.05, 0) is 51.4 Å². The summed E-state index contributed by atoms with van der Waals surface area (Å²) in [7, 11) is 0. The molecule has 0 fully saturated rings. The van der Waals surface area contributed by atoms with Gasteiger partial charge in [0, 0.05) is 12.8 Å². The Hall–Kier alpha value is -2.14. The molecule has 0 spiro atoms. The second-order valence-electron chi connectivity index (χ2n) is 10.9. The van der Waals surface area contributed by atoms with Gasteiger partial charge in [0.15, 0.2) is 6.10 Å². The van der Waals surface area contributed by atoms with Gasteiger partial charge < -0.3 is 14.6 Å². The smallest absolute Gasteiger partial charge is 0.306 e. The first kappa shape index (κ1) is 38.9. The Morgan fingerprint density at radius 2 is 1.00 bits per heavy atom. The highest BCUT2D eigenvalue weighted by Crippen LogP contribution is 2.12. The van der Waals surface area contributed by atoms with E-state index in [1.54, 1.807) is 0 Å². The minimum atomic E-state index is -0.789. The van der Waals surface area contributed by atoms with Crippen molar-refractivity contribution in [3.63, 3.8) is 0 Å². The van der Waals surface area contributed by atoms with E-state index in [9.17, 15) is 14.7 Å². The lowest BCUT2D eigenvalue weighted by molar-refractivity contribution is -0.161. The number of carbonyl (C=O) groups excluding carboxylic acids is 2. The molecule has 5 heteroatoms. The maximum absolute atomic E-state index is 12.0. The molecule has 5 nitrogen and oxygen atoms in total. The highest BCUT2D eigenvalue weighted by Gasteiger charge is 2.15. The van der Waals surface area contributed by atoms with Crippen LogP contribution in [-0.4, -0.2) is 36.4 Å². The second kappa shape index (κ2) is 32.4. The molecule has 0 radical (unpaired) electrons. The van der Waals surface area contributed by atoms with Crippen molar-refractivity contribution in [2.45, 2.75) is 155 Å². The van der Waals surface area contributed by atoms with Crippen molar-refractivity contribution in [2.75, 3.05) is 13.2 Å². The minimum Gasteiger partial charge on any atom is -0.462 e. The Bertz CT molecular complexity index is 707. The standard InChI is InChI=1S/C36H62O5/c1-3-5-7-9-11-13-15-16-17-18-19-20-21-23-24-26-28-30-35(38)40-33-34(32-37)41-36(39)31-29-27-25-22-14-12-10-8-6-4-2/h11,13,16-17,19-20,23-24,34,37H,3-10,12,14-15,18,21-22,25-33H2,1-2H3/b13-11+,17-16+,20-19+,24-23+/t34-/m0/s1. The van der Waals surface area contributed by atoms with Crippen molar-refractivity contribution in [3.05, 3.63) is 48.6 Å². The van der Waals surface area contributed by atoms with Crippen LogP contribution in [0.5, 0.6) is 0 Å². The first-order valence-electron chi connectivity index (χ1n) is 16.7. The number of hydrogen-bond acceptors (Lipinski definition) is 5. The molecule has 236 valence electrons. The number of rotatable bonds is 29. The number of aliphatic hydroxyl groups is 1. The number of hydrogen-bond donors (Lipinski definition) is 1. The molecule has 0 aliphatic heterocycles. The van der Waals surface area contributed by atoms with Crippen LogP contribution in [0.4, 0.5) is 0 Å². The van der Waals surface area contributed by atoms with Gasteiger partial charge in [0.1, 0.15) is 6.61 Å². The molecule has 0 saturated heterocycles. The van der Waals surface area contributed by atoms with Gasteiger partial charge in [0.2, 0.25) is 0 Å². The molecule has 0 aromatic carbocycles. The Morgan fingerprint density at radius 1 is 0.561 bits per heavy atom. The van der Waals surface area contributed by atoms with Gasteiger partial charge in [-0.1, -0.05) is 133 Å². The van der Waals surface area contributed by atoms with Crippen molar-refractivity contribution in [3.8, 4) is 0 Å². The lowest BCUT2D eigenvalue weighted by Crippen LogP contribution is -2.28. The van der Waals surface area contributed by atoms with Crippen LogP contribution in [0.3, 0.4) is 0 Å². The van der Waals surface area contributed by atoms with Crippen molar-refractivity contribution >= 4 is 11.9 Å². The fraction of sp³-hybridized carbons (Fsp3) is 0.722. The van der Waals surface area contributed by atoms with Gasteiger partial charge in [-0.2, -0.15) is 0 Å². The molecule has 0 rings (SSSR count). The van der Waals surface area contributed by atoms with E-state index in [-0.39, 0.29) is 25.2 Å². The van der Waals surface area contributed by atoms with Crippen LogP contribution in [-0.2, 0) is 19.1 Å². The first-order chi connectivity index (χ1) is 20.1. The number of allylic oxidation sites excluding steroid dienone is 8. The van der Waals surface area contributed by atoms with Crippen molar-refractivity contribution < 1.29 is 24.2 Å². The van der Waals surface area contributed by atoms with Gasteiger partial charge in [0.05, 0.1) is 6.61 Å². The van der Waals surface area contributed by atoms with Crippen LogP contribution in [0.25, 0.3) is 0 Å². The molecular weight excluding hydrogens is 512 g/mol. The van der Waals surface area contributed by atoms with E-state index in [2.05, 4.69) is 62.5 Å². The summed E-state index contributed by atoms with van der Waals surface area (Å²) in [6.45, 7) is 4.02. The molecule has 0 aliphatic rings. The number of carbonyl (C=O) groups is 2. The molecule has 0 saturated carbocycles. The molecule has 0 aromatic heterocycles. The number of esters is 2. The molecule has 0 aromatic rings. The first-order valence-corrected chi connectivity index (χ1v) is 16.7. The molecule has 0 aliphatic carbocycles. The van der Waals surface area contributed by atoms with Gasteiger partial charge in [-0.25, -0.2) is 0 Å². The van der Waals surface area contributed by atoms with E-state index in [4.69, 9.17) is 9.47 Å². The summed E-state index contributed by atoms with van der Waals surface area (Å²) in [6.07, 6.45) is 38.8. The van der Waals surface area contributed by atoms with Crippen molar-refractivity contribution in [2.24, 2.45) is 0 Å². The summed E-state index contributed by atoms with van der Waals surface area (Å²) in [5, 5.41) is 9.48. The van der Waals surface area contributed by atoms with Crippen LogP contribution in [0.15, 0.2) is 48.6 Å². The topological polar surface area (TPSA) is 72.8 Å². The van der Waals surface area contributed by atoms with E-state index in [1.165, 1.54) is 70.6 Å². The zero-order valence-electron chi connectivity index (χ0n) is 26.5. The predicted octanol–water partition coefficient (Wildman–Crippen LogP) is 9.89. The maximum atomic E-state index is 12.0. The Morgan fingerprint density at radius 3 is 1.54 bits per heavy atom. The van der Waals surface area contributed by atoms with Crippen LogP contribution in [0, 0.1) is 0 Å². The zero-order chi connectivity index (χ0) is 30.1. The number of unbranched alkanes of at least 4 members (excludes halogenated alkanes) is 13. The lowest BCUT2D eigenvalue weighted by Gasteiger charge is -2.15. The van der Waals surface area contributed by atoms with Crippen molar-refractivity contribution in [1.82, 2.24) is 0 Å². The fourth-order valence-corrected chi connectivity index (χ4v) is 4.31. The average molecular weight is 575 g/mol. The SMILES string of the molecule is CCCCC/C=C/C/C=C/C/C=C/C/C=C/CCCC(=O)OC[C@H](CO)OC(=O)CCCCCCCCCCCC. The molecule has 41 heavy (non-hydrogen) atoms. The van der Waals surface area contributed by atoms with E-state index < -0.39 is 6.10 Å². The molecule has 0 bridgehead atoms. The van der Waals surface area contributed by atoms with Gasteiger partial charge in [-0.3, -0.25) is 9.59 Å². The van der Waals surface area contributed by atoms with E-state index in [0.29, 0.717) is 19.3 Å². The maximum Gasteiger partial charge on any atom is 0.306 e. The van der Waals surface area contributed by atoms with Gasteiger partial charge in [-0.15, -0.1) is 0 Å². The normalized spacial score (nSPS) is 12.8. The Labute approximate surface area is 252 Å². The zero-order valence-corrected chi connectivity index (χ0v) is 26.5. The number of aliphatic hydroxyl groups excluding tert-OH is 1. The molecule has 1 atom stereocenters. The summed E-state index contributed by atoms with van der Waals surface area (Å²) in [5.74, 6) is -0.662. The van der Waals surface area contributed by atoms with Crippen LogP contribution >= 0.6 is 0 Å². The summed E-state index contributed by atoms with van der Waals surface area (Å²) in [5.41, 5.74) is 0. The Balaban J connectivity index is 3.71. The summed E-state index contributed by atoms with van der Waals surface area (Å²) < 4.78 is 10.5. The third-order valence-corrected chi connectivity index (χ3v) is 6.88. The molecule has 0 heterocycles. The van der Waals surface area contributed by atoms with E-state index in [0.717, 1.165) is 44.9 Å². The quantitative estimate of drug-likeness (QED) is 0.0547. The largest absolute Gasteiger partial charge is 0.462 e. The van der Waals surface area contributed by atoms with Gasteiger partial charge >= 0.3 is 11.9 Å². The van der Waals surface area contributed by atoms with Crippen LogP contribution in [0.2, 0.25) is 0 Å². The summed E-state index contributed by atoms with van der Waals surface area (Å²) >= 11 is 0. The lowest BCUT2D eigenvalue weighted by atomic mass is 10.1. The Kier molecular flexibility index (Phi) is 30.7. The highest BCUT2D eigenvalue weighted by atomic mass is 16.6. The summed E-state index contributed by atoms with van der Waals surface area (Å²) in [4.78, 5) is 24.0. The third kappa shape index (κ3) is 30.6. The third-order valence-electron chi connectivity index (χ3n) is 6.88. The minimum absolute atomic E-state index is 0.0938. The monoisotopic (exact) mass is 574 g/mol. The van der Waals surface area contributed by atoms with Crippen LogP contribution in [0.1, 0.15) is 149 Å². The molecular formula is C36H62O5. The highest BCUT2D eigenvalue weighted by molar-refractivity contribution is 5.70. The second-order valence-corrected chi connectivity index (χ2v) is 10.9. The molecule has 0 amide bonds. The fourth-order valence-electron chi connectivity index (χ4n) is 4.31. The predicted molar refractivity (Wildman–Crippen MR) is 173 cm³/mol. The molecule has 1 N–H and O–H groups in total. The van der Waals surface area contributed by atoms with Gasteiger partial charge in [0.25, 0.3) is 0 Å². The van der Waals surface area contributed by atoms with E-state index in [1.807, 2.05) is 0 Å². The summed E-state index contributed by atoms with van der Waals surface area (Å²) in [6, 6.07) is 0. The number of ether oxygens (including phenoxy) is 2.